The van der Waals surface area contributed by atoms with E-state index in [0.29, 0.717) is 6.61 Å². The second-order valence-electron chi connectivity index (χ2n) is 6.02. The molecule has 0 aromatic carbocycles. The van der Waals surface area contributed by atoms with Gasteiger partial charge >= 0.3 is 0 Å². The van der Waals surface area contributed by atoms with Crippen molar-refractivity contribution in [3.8, 4) is 0 Å². The number of unbranched alkanes of at least 4 members (excludes halogenated alkanes) is 2. The topological polar surface area (TPSA) is 23.5 Å². The first-order valence-electron chi connectivity index (χ1n) is 7.52. The molecule has 1 aliphatic carbocycles. The van der Waals surface area contributed by atoms with Crippen molar-refractivity contribution in [2.45, 2.75) is 64.7 Å². The van der Waals surface area contributed by atoms with Gasteiger partial charge in [0, 0.05) is 18.6 Å². The summed E-state index contributed by atoms with van der Waals surface area (Å²) in [6, 6.07) is 0. The van der Waals surface area contributed by atoms with Crippen LogP contribution in [0.25, 0.3) is 0 Å². The molecule has 0 unspecified atom stereocenters. The van der Waals surface area contributed by atoms with Crippen LogP contribution >= 0.6 is 0 Å². The lowest BCUT2D eigenvalue weighted by Gasteiger charge is -2.35. The fourth-order valence-corrected chi connectivity index (χ4v) is 3.13. The Morgan fingerprint density at radius 3 is 2.24 bits per heavy atom. The first kappa shape index (κ1) is 15.0. The quantitative estimate of drug-likeness (QED) is 0.545. The van der Waals surface area contributed by atoms with Gasteiger partial charge in [-0.3, -0.25) is 0 Å². The average Bonchev–Trinajstić information content (AvgIpc) is 2.56. The predicted molar refractivity (Wildman–Crippen MR) is 74.2 cm³/mol. The Morgan fingerprint density at radius 2 is 1.71 bits per heavy atom. The minimum atomic E-state index is 0.206. The van der Waals surface area contributed by atoms with Gasteiger partial charge in [0.1, 0.15) is 0 Å². The minimum Gasteiger partial charge on any atom is -0.396 e. The summed E-state index contributed by atoms with van der Waals surface area (Å²) in [5.41, 5.74) is 0.206. The van der Waals surface area contributed by atoms with E-state index in [1.807, 2.05) is 0 Å². The largest absolute Gasteiger partial charge is 0.396 e. The van der Waals surface area contributed by atoms with Crippen LogP contribution in [-0.2, 0) is 0 Å². The number of hydrogen-bond acceptors (Lipinski definition) is 2. The number of rotatable bonds is 7. The van der Waals surface area contributed by atoms with Gasteiger partial charge < -0.3 is 10.0 Å². The van der Waals surface area contributed by atoms with Crippen molar-refractivity contribution in [1.82, 2.24) is 4.90 Å². The highest BCUT2D eigenvalue weighted by Gasteiger charge is 2.31. The summed E-state index contributed by atoms with van der Waals surface area (Å²) in [6.07, 6.45) is 11.7. The molecule has 17 heavy (non-hydrogen) atoms. The molecule has 1 fully saturated rings. The Hall–Kier alpha value is -0.0800. The maximum absolute atomic E-state index is 9.76. The molecular weight excluding hydrogens is 210 g/mol. The molecule has 1 aliphatic rings. The molecule has 0 aromatic rings. The van der Waals surface area contributed by atoms with E-state index in [-0.39, 0.29) is 5.41 Å². The van der Waals surface area contributed by atoms with Crippen molar-refractivity contribution in [1.29, 1.82) is 0 Å². The molecule has 0 saturated heterocycles. The van der Waals surface area contributed by atoms with Crippen LogP contribution in [0.4, 0.5) is 0 Å². The third kappa shape index (κ3) is 5.39. The SMILES string of the molecule is CCCCCN(C)CC1(CO)CCCCCC1. The molecule has 1 N–H and O–H groups in total. The van der Waals surface area contributed by atoms with Crippen LogP contribution in [0.2, 0.25) is 0 Å². The van der Waals surface area contributed by atoms with Gasteiger partial charge in [-0.1, -0.05) is 45.4 Å². The van der Waals surface area contributed by atoms with Gasteiger partial charge in [0.15, 0.2) is 0 Å². The molecule has 0 spiro atoms. The normalized spacial score (nSPS) is 20.5. The Morgan fingerprint density at radius 1 is 1.06 bits per heavy atom. The number of aliphatic hydroxyl groups is 1. The zero-order valence-electron chi connectivity index (χ0n) is 11.9. The summed E-state index contributed by atoms with van der Waals surface area (Å²) in [7, 11) is 2.22. The van der Waals surface area contributed by atoms with E-state index in [2.05, 4.69) is 18.9 Å². The van der Waals surface area contributed by atoms with Gasteiger partial charge in [-0.05, 0) is 32.9 Å². The molecule has 0 aromatic heterocycles. The van der Waals surface area contributed by atoms with Gasteiger partial charge in [-0.25, -0.2) is 0 Å². The van der Waals surface area contributed by atoms with Crippen molar-refractivity contribution >= 4 is 0 Å². The third-order valence-corrected chi connectivity index (χ3v) is 4.25. The molecule has 0 heterocycles. The van der Waals surface area contributed by atoms with Crippen LogP contribution in [0.5, 0.6) is 0 Å². The number of aliphatic hydroxyl groups excluding tert-OH is 1. The molecule has 1 rings (SSSR count). The van der Waals surface area contributed by atoms with E-state index < -0.39 is 0 Å². The third-order valence-electron chi connectivity index (χ3n) is 4.25. The Bertz CT molecular complexity index is 185. The van der Waals surface area contributed by atoms with Gasteiger partial charge in [-0.2, -0.15) is 0 Å². The van der Waals surface area contributed by atoms with Crippen molar-refractivity contribution < 1.29 is 5.11 Å². The monoisotopic (exact) mass is 241 g/mol. The molecule has 0 aliphatic heterocycles. The predicted octanol–water partition coefficient (Wildman–Crippen LogP) is 3.44. The van der Waals surface area contributed by atoms with E-state index in [4.69, 9.17) is 0 Å². The molecule has 0 amide bonds. The second-order valence-corrected chi connectivity index (χ2v) is 6.02. The molecule has 2 nitrogen and oxygen atoms in total. The zero-order chi connectivity index (χ0) is 12.6. The lowest BCUT2D eigenvalue weighted by atomic mass is 9.80. The first-order chi connectivity index (χ1) is 8.22. The summed E-state index contributed by atoms with van der Waals surface area (Å²) in [6.45, 7) is 4.91. The molecule has 0 radical (unpaired) electrons. The van der Waals surface area contributed by atoms with Gasteiger partial charge in [-0.15, -0.1) is 0 Å². The Balaban J connectivity index is 2.37. The standard InChI is InChI=1S/C15H31NO/c1-3-4-9-12-16(2)13-15(14-17)10-7-5-6-8-11-15/h17H,3-14H2,1-2H3. The van der Waals surface area contributed by atoms with Crippen LogP contribution in [-0.4, -0.2) is 36.8 Å². The summed E-state index contributed by atoms with van der Waals surface area (Å²) < 4.78 is 0. The summed E-state index contributed by atoms with van der Waals surface area (Å²) in [5.74, 6) is 0. The van der Waals surface area contributed by atoms with Crippen LogP contribution in [0.15, 0.2) is 0 Å². The Kier molecular flexibility index (Phi) is 7.14. The summed E-state index contributed by atoms with van der Waals surface area (Å²) >= 11 is 0. The summed E-state index contributed by atoms with van der Waals surface area (Å²) in [5, 5.41) is 9.76. The van der Waals surface area contributed by atoms with Crippen LogP contribution in [0, 0.1) is 5.41 Å². The highest BCUT2D eigenvalue weighted by molar-refractivity contribution is 4.83. The molecule has 2 heteroatoms. The highest BCUT2D eigenvalue weighted by atomic mass is 16.3. The zero-order valence-corrected chi connectivity index (χ0v) is 11.9. The first-order valence-corrected chi connectivity index (χ1v) is 7.52. The molecule has 0 atom stereocenters. The van der Waals surface area contributed by atoms with E-state index in [0.717, 1.165) is 6.54 Å². The Labute approximate surface area is 107 Å². The maximum Gasteiger partial charge on any atom is 0.0499 e. The van der Waals surface area contributed by atoms with Gasteiger partial charge in [0.25, 0.3) is 0 Å². The number of hydrogen-bond donors (Lipinski definition) is 1. The van der Waals surface area contributed by atoms with Gasteiger partial charge in [0.2, 0.25) is 0 Å². The van der Waals surface area contributed by atoms with E-state index >= 15 is 0 Å². The van der Waals surface area contributed by atoms with Gasteiger partial charge in [0.05, 0.1) is 0 Å². The molecular formula is C15H31NO. The second kappa shape index (κ2) is 8.10. The molecule has 102 valence electrons. The fraction of sp³-hybridized carbons (Fsp3) is 1.00. The van der Waals surface area contributed by atoms with Crippen molar-refractivity contribution in [2.24, 2.45) is 5.41 Å². The van der Waals surface area contributed by atoms with Crippen molar-refractivity contribution in [3.63, 3.8) is 0 Å². The van der Waals surface area contributed by atoms with Crippen LogP contribution in [0.1, 0.15) is 64.7 Å². The average molecular weight is 241 g/mol. The van der Waals surface area contributed by atoms with Crippen LogP contribution in [0.3, 0.4) is 0 Å². The van der Waals surface area contributed by atoms with E-state index in [1.54, 1.807) is 0 Å². The smallest absolute Gasteiger partial charge is 0.0499 e. The van der Waals surface area contributed by atoms with Crippen molar-refractivity contribution in [2.75, 3.05) is 26.7 Å². The molecule has 0 bridgehead atoms. The fourth-order valence-electron chi connectivity index (χ4n) is 3.13. The van der Waals surface area contributed by atoms with E-state index in [9.17, 15) is 5.11 Å². The summed E-state index contributed by atoms with van der Waals surface area (Å²) in [4.78, 5) is 2.44. The molecule has 1 saturated carbocycles. The van der Waals surface area contributed by atoms with Crippen molar-refractivity contribution in [3.05, 3.63) is 0 Å². The lowest BCUT2D eigenvalue weighted by molar-refractivity contribution is 0.0682. The highest BCUT2D eigenvalue weighted by Crippen LogP contribution is 2.35. The minimum absolute atomic E-state index is 0.206. The van der Waals surface area contributed by atoms with Crippen LogP contribution < -0.4 is 0 Å². The maximum atomic E-state index is 9.76. The number of nitrogens with zero attached hydrogens (tertiary/aromatic N) is 1. The lowest BCUT2D eigenvalue weighted by Crippen LogP contribution is -2.38. The van der Waals surface area contributed by atoms with E-state index in [1.165, 1.54) is 64.3 Å².